The van der Waals surface area contributed by atoms with Gasteiger partial charge >= 0.3 is 0 Å². The monoisotopic (exact) mass is 430 g/mol. The Hall–Kier alpha value is -1.54. The molecular formula is C22H30N4OS2. The maximum Gasteiger partial charge on any atom is 0.170 e. The van der Waals surface area contributed by atoms with Crippen molar-refractivity contribution < 1.29 is 4.74 Å². The van der Waals surface area contributed by atoms with Crippen molar-refractivity contribution in [2.45, 2.75) is 59.3 Å². The maximum absolute atomic E-state index is 6.27. The summed E-state index contributed by atoms with van der Waals surface area (Å²) in [5.41, 5.74) is 5.28. The molecule has 0 aromatic carbocycles. The zero-order valence-electron chi connectivity index (χ0n) is 17.6. The third kappa shape index (κ3) is 5.34. The number of piperidine rings is 1. The molecule has 0 spiro atoms. The lowest BCUT2D eigenvalue weighted by molar-refractivity contribution is -0.0202. The third-order valence-corrected chi connectivity index (χ3v) is 6.32. The lowest BCUT2D eigenvalue weighted by atomic mass is 10.0. The molecule has 0 bridgehead atoms. The predicted molar refractivity (Wildman–Crippen MR) is 124 cm³/mol. The van der Waals surface area contributed by atoms with E-state index < -0.39 is 0 Å². The van der Waals surface area contributed by atoms with E-state index in [2.05, 4.69) is 46.1 Å². The van der Waals surface area contributed by atoms with E-state index in [-0.39, 0.29) is 25.6 Å². The van der Waals surface area contributed by atoms with Gasteiger partial charge in [-0.2, -0.15) is 13.5 Å². The summed E-state index contributed by atoms with van der Waals surface area (Å²) in [7, 11) is 0. The van der Waals surface area contributed by atoms with Gasteiger partial charge in [0.05, 0.1) is 28.1 Å². The van der Waals surface area contributed by atoms with E-state index in [1.54, 1.807) is 11.3 Å². The molecule has 4 rings (SSSR count). The van der Waals surface area contributed by atoms with Crippen molar-refractivity contribution in [2.24, 2.45) is 0 Å². The van der Waals surface area contributed by atoms with Crippen molar-refractivity contribution in [2.75, 3.05) is 13.1 Å². The highest BCUT2D eigenvalue weighted by Crippen LogP contribution is 2.27. The molecule has 0 amide bonds. The number of fused-ring (bicyclic) bond motifs is 1. The zero-order valence-corrected chi connectivity index (χ0v) is 19.4. The highest BCUT2D eigenvalue weighted by molar-refractivity contribution is 7.59. The number of aryl methyl sites for hydroxylation is 3. The Kier molecular flexibility index (Phi) is 7.27. The second-order valence-corrected chi connectivity index (χ2v) is 9.03. The number of likely N-dealkylation sites (tertiary alicyclic amines) is 1. The smallest absolute Gasteiger partial charge is 0.170 e. The summed E-state index contributed by atoms with van der Waals surface area (Å²) in [4.78, 5) is 16.3. The van der Waals surface area contributed by atoms with Gasteiger partial charge in [-0.1, -0.05) is 0 Å². The van der Waals surface area contributed by atoms with Gasteiger partial charge in [-0.15, -0.1) is 11.3 Å². The molecule has 0 radical (unpaired) electrons. The van der Waals surface area contributed by atoms with Crippen LogP contribution in [0.25, 0.3) is 10.3 Å². The molecule has 0 aliphatic carbocycles. The van der Waals surface area contributed by atoms with Crippen LogP contribution in [-0.4, -0.2) is 39.0 Å². The number of hydrogen-bond acceptors (Lipinski definition) is 6. The van der Waals surface area contributed by atoms with Crippen LogP contribution in [0.5, 0.6) is 0 Å². The number of nitrogens with zero attached hydrogens (tertiary/aromatic N) is 4. The minimum atomic E-state index is 0. The molecule has 0 saturated carbocycles. The molecule has 1 saturated heterocycles. The quantitative estimate of drug-likeness (QED) is 0.578. The molecule has 7 heteroatoms. The van der Waals surface area contributed by atoms with Gasteiger partial charge in [-0.25, -0.2) is 9.97 Å². The standard InChI is InChI=1S/C22H28N4OS.H2S/c1-14-10-18(11-15(2)23-14)13-27-19-6-5-9-26(12-19)16(3)20-7-8-21-22(25-20)24-17(4)28-21;/h7-8,10-11,16,19H,5-6,9,12-13H2,1-4H3;1H2/t16?,19-;/m0./s1. The Bertz CT molecular complexity index is 954. The largest absolute Gasteiger partial charge is 0.372 e. The summed E-state index contributed by atoms with van der Waals surface area (Å²) in [6.45, 7) is 11.0. The Morgan fingerprint density at radius 2 is 1.90 bits per heavy atom. The summed E-state index contributed by atoms with van der Waals surface area (Å²) < 4.78 is 7.43. The van der Waals surface area contributed by atoms with Crippen molar-refractivity contribution >= 4 is 35.2 Å². The molecule has 2 atom stereocenters. The summed E-state index contributed by atoms with van der Waals surface area (Å²) in [6.07, 6.45) is 2.53. The van der Waals surface area contributed by atoms with Gasteiger partial charge in [0, 0.05) is 24.0 Å². The Morgan fingerprint density at radius 3 is 2.66 bits per heavy atom. The summed E-state index contributed by atoms with van der Waals surface area (Å²) in [6, 6.07) is 8.81. The molecular weight excluding hydrogens is 400 g/mol. The number of ether oxygens (including phenoxy) is 1. The summed E-state index contributed by atoms with van der Waals surface area (Å²) in [5, 5.41) is 1.07. The number of hydrogen-bond donors (Lipinski definition) is 0. The number of pyridine rings is 2. The second kappa shape index (κ2) is 9.51. The second-order valence-electron chi connectivity index (χ2n) is 7.80. The maximum atomic E-state index is 6.27. The van der Waals surface area contributed by atoms with E-state index in [9.17, 15) is 0 Å². The van der Waals surface area contributed by atoms with E-state index in [1.807, 2.05) is 20.8 Å². The minimum Gasteiger partial charge on any atom is -0.372 e. The number of aromatic nitrogens is 3. The van der Waals surface area contributed by atoms with Crippen LogP contribution in [0.2, 0.25) is 0 Å². The average molecular weight is 431 g/mol. The van der Waals surface area contributed by atoms with Crippen LogP contribution in [0.15, 0.2) is 24.3 Å². The zero-order chi connectivity index (χ0) is 19.7. The molecule has 156 valence electrons. The normalized spacial score (nSPS) is 18.6. The highest BCUT2D eigenvalue weighted by atomic mass is 32.1. The van der Waals surface area contributed by atoms with Gasteiger partial charge in [-0.05, 0) is 76.9 Å². The first kappa shape index (κ1) is 22.2. The summed E-state index contributed by atoms with van der Waals surface area (Å²) in [5.74, 6) is 0. The van der Waals surface area contributed by atoms with Gasteiger partial charge in [0.1, 0.15) is 0 Å². The first-order chi connectivity index (χ1) is 13.5. The third-order valence-electron chi connectivity index (χ3n) is 5.39. The van der Waals surface area contributed by atoms with Gasteiger partial charge in [0.15, 0.2) is 5.65 Å². The van der Waals surface area contributed by atoms with Gasteiger partial charge < -0.3 is 4.74 Å². The molecule has 5 nitrogen and oxygen atoms in total. The van der Waals surface area contributed by atoms with Gasteiger partial charge in [0.2, 0.25) is 0 Å². The SMILES string of the molecule is Cc1cc(CO[C@H]2CCCN(C(C)c3ccc4sc(C)nc4n3)C2)cc(C)n1.S. The van der Waals surface area contributed by atoms with Crippen LogP contribution in [0, 0.1) is 20.8 Å². The topological polar surface area (TPSA) is 51.1 Å². The van der Waals surface area contributed by atoms with E-state index in [4.69, 9.17) is 9.72 Å². The van der Waals surface area contributed by atoms with E-state index in [0.29, 0.717) is 6.61 Å². The van der Waals surface area contributed by atoms with Crippen LogP contribution in [0.3, 0.4) is 0 Å². The minimum absolute atomic E-state index is 0. The summed E-state index contributed by atoms with van der Waals surface area (Å²) >= 11 is 1.70. The van der Waals surface area contributed by atoms with Crippen LogP contribution in [0.1, 0.15) is 53.5 Å². The Labute approximate surface area is 184 Å². The Balaban J connectivity index is 0.00000240. The van der Waals surface area contributed by atoms with E-state index >= 15 is 0 Å². The van der Waals surface area contributed by atoms with Crippen molar-refractivity contribution in [3.63, 3.8) is 0 Å². The molecule has 4 heterocycles. The first-order valence-corrected chi connectivity index (χ1v) is 10.8. The molecule has 3 aromatic rings. The average Bonchev–Trinajstić information content (AvgIpc) is 3.04. The van der Waals surface area contributed by atoms with Crippen molar-refractivity contribution in [3.8, 4) is 0 Å². The molecule has 1 unspecified atom stereocenters. The molecule has 1 aliphatic heterocycles. The van der Waals surface area contributed by atoms with Crippen LogP contribution >= 0.6 is 24.8 Å². The molecule has 1 aliphatic rings. The molecule has 1 fully saturated rings. The van der Waals surface area contributed by atoms with Crippen LogP contribution in [-0.2, 0) is 11.3 Å². The van der Waals surface area contributed by atoms with Crippen molar-refractivity contribution in [1.29, 1.82) is 0 Å². The number of rotatable bonds is 5. The van der Waals surface area contributed by atoms with E-state index in [0.717, 1.165) is 58.4 Å². The fraction of sp³-hybridized carbons (Fsp3) is 0.500. The van der Waals surface area contributed by atoms with Gasteiger partial charge in [0.25, 0.3) is 0 Å². The lowest BCUT2D eigenvalue weighted by Crippen LogP contribution is -2.41. The fourth-order valence-corrected chi connectivity index (χ4v) is 4.80. The predicted octanol–water partition coefficient (Wildman–Crippen LogP) is 4.87. The van der Waals surface area contributed by atoms with Crippen LogP contribution < -0.4 is 0 Å². The first-order valence-electron chi connectivity index (χ1n) is 10.0. The highest BCUT2D eigenvalue weighted by Gasteiger charge is 2.26. The molecule has 0 N–H and O–H groups in total. The van der Waals surface area contributed by atoms with Gasteiger partial charge in [-0.3, -0.25) is 9.88 Å². The molecule has 29 heavy (non-hydrogen) atoms. The fourth-order valence-electron chi connectivity index (χ4n) is 4.03. The number of thiazole rings is 1. The van der Waals surface area contributed by atoms with E-state index in [1.165, 1.54) is 5.56 Å². The van der Waals surface area contributed by atoms with Crippen molar-refractivity contribution in [1.82, 2.24) is 19.9 Å². The lowest BCUT2D eigenvalue weighted by Gasteiger charge is -2.36. The molecule has 3 aromatic heterocycles. The van der Waals surface area contributed by atoms with Crippen molar-refractivity contribution in [3.05, 3.63) is 51.9 Å². The van der Waals surface area contributed by atoms with Crippen LogP contribution in [0.4, 0.5) is 0 Å². The Morgan fingerprint density at radius 1 is 1.14 bits per heavy atom.